The Labute approximate surface area is 136 Å². The number of amides is 2. The molecule has 2 amide bonds. The van der Waals surface area contributed by atoms with E-state index in [4.69, 9.17) is 4.74 Å². The summed E-state index contributed by atoms with van der Waals surface area (Å²) in [5, 5.41) is 5.45. The van der Waals surface area contributed by atoms with E-state index in [1.54, 1.807) is 6.20 Å². The Morgan fingerprint density at radius 2 is 2.00 bits per heavy atom. The Kier molecular flexibility index (Phi) is 6.48. The first-order valence-electron chi connectivity index (χ1n) is 7.42. The van der Waals surface area contributed by atoms with Crippen molar-refractivity contribution in [3.63, 3.8) is 0 Å². The number of hydrogen-bond acceptors (Lipinski definition) is 3. The Morgan fingerprint density at radius 3 is 2.78 bits per heavy atom. The number of carbonyl (C=O) groups excluding carboxylic acids is 1. The molecule has 5 nitrogen and oxygen atoms in total. The third-order valence-electron chi connectivity index (χ3n) is 2.91. The highest BCUT2D eigenvalue weighted by molar-refractivity contribution is 5.74. The van der Waals surface area contributed by atoms with Crippen molar-refractivity contribution < 1.29 is 9.53 Å². The van der Waals surface area contributed by atoms with Crippen molar-refractivity contribution in [2.45, 2.75) is 13.5 Å². The van der Waals surface area contributed by atoms with Gasteiger partial charge >= 0.3 is 6.03 Å². The number of ether oxygens (including phenoxy) is 1. The van der Waals surface area contributed by atoms with Gasteiger partial charge in [0.25, 0.3) is 0 Å². The Morgan fingerprint density at radius 1 is 1.17 bits per heavy atom. The van der Waals surface area contributed by atoms with Crippen molar-refractivity contribution in [2.75, 3.05) is 13.2 Å². The molecule has 0 spiro atoms. The molecule has 2 rings (SSSR count). The quantitative estimate of drug-likeness (QED) is 0.833. The molecule has 1 heterocycles. The number of nitrogens with one attached hydrogen (secondary N) is 2. The van der Waals surface area contributed by atoms with Gasteiger partial charge in [-0.3, -0.25) is 0 Å². The SMILES string of the molecule is CCOc1ncccc1CNC(=O)NCC#Cc1ccccc1. The Hall–Kier alpha value is -3.00. The van der Waals surface area contributed by atoms with Gasteiger partial charge in [-0.15, -0.1) is 0 Å². The fourth-order valence-corrected chi connectivity index (χ4v) is 1.86. The van der Waals surface area contributed by atoms with Crippen LogP contribution in [0.15, 0.2) is 48.7 Å². The minimum absolute atomic E-state index is 0.279. The fourth-order valence-electron chi connectivity index (χ4n) is 1.86. The second-order valence-electron chi connectivity index (χ2n) is 4.60. The van der Waals surface area contributed by atoms with Crippen LogP contribution in [0.2, 0.25) is 0 Å². The lowest BCUT2D eigenvalue weighted by Crippen LogP contribution is -2.35. The molecule has 0 aliphatic rings. The van der Waals surface area contributed by atoms with Crippen LogP contribution in [0, 0.1) is 11.8 Å². The van der Waals surface area contributed by atoms with Gasteiger partial charge in [-0.2, -0.15) is 0 Å². The number of hydrogen-bond donors (Lipinski definition) is 2. The molecule has 23 heavy (non-hydrogen) atoms. The van der Waals surface area contributed by atoms with Crippen molar-refractivity contribution in [3.8, 4) is 17.7 Å². The molecule has 1 aromatic carbocycles. The van der Waals surface area contributed by atoms with Crippen LogP contribution in [0.5, 0.6) is 5.88 Å². The Balaban J connectivity index is 1.77. The summed E-state index contributed by atoms with van der Waals surface area (Å²) in [7, 11) is 0. The standard InChI is InChI=1S/C18H19N3O2/c1-2-23-17-16(11-7-12-19-17)14-21-18(22)20-13-6-10-15-8-4-3-5-9-15/h3-5,7-9,11-12H,2,13-14H2,1H3,(H2,20,21,22). The summed E-state index contributed by atoms with van der Waals surface area (Å²) >= 11 is 0. The number of carbonyl (C=O) groups is 1. The van der Waals surface area contributed by atoms with Crippen LogP contribution >= 0.6 is 0 Å². The molecule has 0 unspecified atom stereocenters. The van der Waals surface area contributed by atoms with Gasteiger partial charge < -0.3 is 15.4 Å². The van der Waals surface area contributed by atoms with Crippen molar-refractivity contribution in [1.29, 1.82) is 0 Å². The van der Waals surface area contributed by atoms with E-state index in [-0.39, 0.29) is 12.6 Å². The van der Waals surface area contributed by atoms with E-state index < -0.39 is 0 Å². The highest BCUT2D eigenvalue weighted by atomic mass is 16.5. The van der Waals surface area contributed by atoms with Crippen molar-refractivity contribution in [2.24, 2.45) is 0 Å². The predicted molar refractivity (Wildman–Crippen MR) is 89.0 cm³/mol. The maximum Gasteiger partial charge on any atom is 0.315 e. The summed E-state index contributed by atoms with van der Waals surface area (Å²) in [6, 6.07) is 13.0. The second-order valence-corrected chi connectivity index (χ2v) is 4.60. The summed E-state index contributed by atoms with van der Waals surface area (Å²) in [5.74, 6) is 6.42. The lowest BCUT2D eigenvalue weighted by Gasteiger charge is -2.09. The zero-order valence-electron chi connectivity index (χ0n) is 13.0. The summed E-state index contributed by atoms with van der Waals surface area (Å²) in [6.45, 7) is 3.06. The van der Waals surface area contributed by atoms with Crippen molar-refractivity contribution in [3.05, 3.63) is 59.8 Å². The van der Waals surface area contributed by atoms with E-state index in [1.807, 2.05) is 49.4 Å². The molecule has 0 atom stereocenters. The van der Waals surface area contributed by atoms with Crippen LogP contribution in [0.1, 0.15) is 18.1 Å². The summed E-state index contributed by atoms with van der Waals surface area (Å²) in [5.41, 5.74) is 1.76. The second kappa shape index (κ2) is 9.11. The highest BCUT2D eigenvalue weighted by Crippen LogP contribution is 2.13. The van der Waals surface area contributed by atoms with Gasteiger partial charge in [-0.05, 0) is 25.1 Å². The van der Waals surface area contributed by atoms with Crippen LogP contribution in [0.25, 0.3) is 0 Å². The number of urea groups is 1. The molecular formula is C18H19N3O2. The van der Waals surface area contributed by atoms with Gasteiger partial charge in [0.15, 0.2) is 0 Å². The number of nitrogens with zero attached hydrogens (tertiary/aromatic N) is 1. The van der Waals surface area contributed by atoms with Crippen LogP contribution < -0.4 is 15.4 Å². The van der Waals surface area contributed by atoms with Gasteiger partial charge in [0.2, 0.25) is 5.88 Å². The van der Waals surface area contributed by atoms with Crippen LogP contribution in [-0.2, 0) is 6.54 Å². The summed E-state index contributed by atoms with van der Waals surface area (Å²) in [6.07, 6.45) is 1.66. The molecule has 1 aromatic heterocycles. The van der Waals surface area contributed by atoms with E-state index in [9.17, 15) is 4.79 Å². The molecular weight excluding hydrogens is 290 g/mol. The molecule has 0 radical (unpaired) electrons. The molecule has 0 aliphatic heterocycles. The normalized spacial score (nSPS) is 9.43. The van der Waals surface area contributed by atoms with Crippen molar-refractivity contribution >= 4 is 6.03 Å². The monoisotopic (exact) mass is 309 g/mol. The van der Waals surface area contributed by atoms with Gasteiger partial charge in [-0.25, -0.2) is 9.78 Å². The number of pyridine rings is 1. The Bertz CT molecular complexity index is 690. The van der Waals surface area contributed by atoms with Gasteiger partial charge in [0.05, 0.1) is 13.2 Å². The topological polar surface area (TPSA) is 63.2 Å². The molecule has 0 saturated carbocycles. The average molecular weight is 309 g/mol. The first kappa shape index (κ1) is 16.4. The molecule has 0 fully saturated rings. The fraction of sp³-hybridized carbons (Fsp3) is 0.222. The van der Waals surface area contributed by atoms with Crippen LogP contribution in [0.3, 0.4) is 0 Å². The van der Waals surface area contributed by atoms with Gasteiger partial charge in [0.1, 0.15) is 0 Å². The minimum Gasteiger partial charge on any atom is -0.478 e. The van der Waals surface area contributed by atoms with Gasteiger partial charge in [0, 0.05) is 23.9 Å². The van der Waals surface area contributed by atoms with Crippen LogP contribution in [0.4, 0.5) is 4.79 Å². The molecule has 2 aromatic rings. The molecule has 0 aliphatic carbocycles. The number of rotatable bonds is 5. The maximum absolute atomic E-state index is 11.7. The van der Waals surface area contributed by atoms with Crippen LogP contribution in [-0.4, -0.2) is 24.2 Å². The van der Waals surface area contributed by atoms with E-state index in [0.29, 0.717) is 19.0 Å². The molecule has 2 N–H and O–H groups in total. The van der Waals surface area contributed by atoms with E-state index >= 15 is 0 Å². The van der Waals surface area contributed by atoms with E-state index in [2.05, 4.69) is 27.5 Å². The molecule has 0 saturated heterocycles. The average Bonchev–Trinajstić information content (AvgIpc) is 2.59. The lowest BCUT2D eigenvalue weighted by molar-refractivity contribution is 0.241. The third kappa shape index (κ3) is 5.71. The zero-order valence-corrected chi connectivity index (χ0v) is 13.0. The van der Waals surface area contributed by atoms with Crippen molar-refractivity contribution in [1.82, 2.24) is 15.6 Å². The van der Waals surface area contributed by atoms with E-state index in [0.717, 1.165) is 11.1 Å². The molecule has 5 heteroatoms. The number of benzene rings is 1. The highest BCUT2D eigenvalue weighted by Gasteiger charge is 2.05. The van der Waals surface area contributed by atoms with E-state index in [1.165, 1.54) is 0 Å². The largest absolute Gasteiger partial charge is 0.478 e. The number of aromatic nitrogens is 1. The molecule has 0 bridgehead atoms. The molecule has 118 valence electrons. The predicted octanol–water partition coefficient (Wildman–Crippen LogP) is 2.33. The minimum atomic E-state index is -0.279. The third-order valence-corrected chi connectivity index (χ3v) is 2.91. The zero-order chi connectivity index (χ0) is 16.3. The smallest absolute Gasteiger partial charge is 0.315 e. The summed E-state index contributed by atoms with van der Waals surface area (Å²) < 4.78 is 5.41. The lowest BCUT2D eigenvalue weighted by atomic mass is 10.2. The summed E-state index contributed by atoms with van der Waals surface area (Å²) in [4.78, 5) is 15.9. The maximum atomic E-state index is 11.7. The van der Waals surface area contributed by atoms with Gasteiger partial charge in [-0.1, -0.05) is 36.1 Å². The first-order valence-corrected chi connectivity index (χ1v) is 7.42. The first-order chi connectivity index (χ1) is 11.3.